The standard InChI is InChI=1S/C31H39N3O6S/c1-31(2,3)32-30(36)27(20-23-13-8-7-9-14-23)33(21-24-15-12-16-25(19-24)39-4)29(35)22-34(41(6,37)38)26-17-10-11-18-28(26)40-5/h7-19,27H,20-22H2,1-6H3,(H,32,36)/t27-/m1/s1. The molecule has 0 aliphatic carbocycles. The Hall–Kier alpha value is -4.05. The zero-order valence-electron chi connectivity index (χ0n) is 24.5. The fourth-order valence-corrected chi connectivity index (χ4v) is 5.26. The number of ether oxygens (including phenoxy) is 2. The van der Waals surface area contributed by atoms with Crippen molar-refractivity contribution in [3.63, 3.8) is 0 Å². The van der Waals surface area contributed by atoms with Crippen LogP contribution in [0.3, 0.4) is 0 Å². The normalized spacial score (nSPS) is 12.2. The summed E-state index contributed by atoms with van der Waals surface area (Å²) in [6, 6.07) is 22.3. The van der Waals surface area contributed by atoms with E-state index in [9.17, 15) is 18.0 Å². The number of hydrogen-bond donors (Lipinski definition) is 1. The largest absolute Gasteiger partial charge is 0.497 e. The summed E-state index contributed by atoms with van der Waals surface area (Å²) >= 11 is 0. The maximum Gasteiger partial charge on any atom is 0.244 e. The number of anilines is 1. The first-order valence-corrected chi connectivity index (χ1v) is 15.1. The quantitative estimate of drug-likeness (QED) is 0.346. The summed E-state index contributed by atoms with van der Waals surface area (Å²) in [5.74, 6) is 0.00626. The molecular formula is C31H39N3O6S. The van der Waals surface area contributed by atoms with E-state index in [1.807, 2.05) is 57.2 Å². The number of carbonyl (C=O) groups is 2. The fourth-order valence-electron chi connectivity index (χ4n) is 4.40. The van der Waals surface area contributed by atoms with Crippen LogP contribution in [-0.4, -0.2) is 63.7 Å². The monoisotopic (exact) mass is 581 g/mol. The van der Waals surface area contributed by atoms with Gasteiger partial charge in [-0.1, -0.05) is 54.6 Å². The van der Waals surface area contributed by atoms with Gasteiger partial charge in [-0.15, -0.1) is 0 Å². The van der Waals surface area contributed by atoms with E-state index in [0.717, 1.165) is 21.7 Å². The smallest absolute Gasteiger partial charge is 0.244 e. The molecule has 0 saturated heterocycles. The number of rotatable bonds is 12. The molecule has 1 atom stereocenters. The van der Waals surface area contributed by atoms with Crippen LogP contribution in [0.2, 0.25) is 0 Å². The highest BCUT2D eigenvalue weighted by atomic mass is 32.2. The first-order chi connectivity index (χ1) is 19.3. The SMILES string of the molecule is COc1cccc(CN(C(=O)CN(c2ccccc2OC)S(C)(=O)=O)[C@H](Cc2ccccc2)C(=O)NC(C)(C)C)c1. The number of sulfonamides is 1. The van der Waals surface area contributed by atoms with Crippen LogP contribution in [0.4, 0.5) is 5.69 Å². The zero-order chi connectivity index (χ0) is 30.2. The van der Waals surface area contributed by atoms with Crippen LogP contribution in [-0.2, 0) is 32.6 Å². The minimum Gasteiger partial charge on any atom is -0.497 e. The maximum atomic E-state index is 14.2. The number of hydrogen-bond acceptors (Lipinski definition) is 6. The molecule has 0 aliphatic rings. The van der Waals surface area contributed by atoms with Crippen molar-refractivity contribution in [2.24, 2.45) is 0 Å². The van der Waals surface area contributed by atoms with E-state index in [2.05, 4.69) is 5.32 Å². The Morgan fingerprint density at radius 2 is 1.51 bits per heavy atom. The molecule has 2 amide bonds. The molecule has 0 bridgehead atoms. The summed E-state index contributed by atoms with van der Waals surface area (Å²) in [5.41, 5.74) is 1.25. The van der Waals surface area contributed by atoms with E-state index >= 15 is 0 Å². The molecule has 220 valence electrons. The third-order valence-electron chi connectivity index (χ3n) is 6.29. The lowest BCUT2D eigenvalue weighted by Gasteiger charge is -2.35. The van der Waals surface area contributed by atoms with Crippen molar-refractivity contribution in [2.45, 2.75) is 45.3 Å². The minimum atomic E-state index is -3.91. The number of nitrogens with zero attached hydrogens (tertiary/aromatic N) is 2. The topological polar surface area (TPSA) is 105 Å². The van der Waals surface area contributed by atoms with Gasteiger partial charge in [0.2, 0.25) is 21.8 Å². The number of nitrogens with one attached hydrogen (secondary N) is 1. The number of benzene rings is 3. The first kappa shape index (κ1) is 31.5. The van der Waals surface area contributed by atoms with Crippen LogP contribution in [0.15, 0.2) is 78.9 Å². The van der Waals surface area contributed by atoms with Gasteiger partial charge in [-0.25, -0.2) is 8.42 Å². The van der Waals surface area contributed by atoms with E-state index in [4.69, 9.17) is 9.47 Å². The number of methoxy groups -OCH3 is 2. The molecule has 0 saturated carbocycles. The molecule has 0 aromatic heterocycles. The lowest BCUT2D eigenvalue weighted by molar-refractivity contribution is -0.140. The third kappa shape index (κ3) is 8.97. The Bertz CT molecular complexity index is 1440. The van der Waals surface area contributed by atoms with Crippen LogP contribution in [0.25, 0.3) is 0 Å². The molecule has 41 heavy (non-hydrogen) atoms. The summed E-state index contributed by atoms with van der Waals surface area (Å²) in [4.78, 5) is 29.4. The Balaban J connectivity index is 2.11. The van der Waals surface area contributed by atoms with E-state index in [1.165, 1.54) is 12.0 Å². The van der Waals surface area contributed by atoms with Crippen molar-refractivity contribution in [1.29, 1.82) is 0 Å². The van der Waals surface area contributed by atoms with Crippen LogP contribution in [0.1, 0.15) is 31.9 Å². The number of carbonyl (C=O) groups excluding carboxylic acids is 2. The van der Waals surface area contributed by atoms with Crippen molar-refractivity contribution in [2.75, 3.05) is 31.3 Å². The lowest BCUT2D eigenvalue weighted by Crippen LogP contribution is -2.56. The predicted molar refractivity (Wildman–Crippen MR) is 161 cm³/mol. The van der Waals surface area contributed by atoms with Crippen LogP contribution < -0.4 is 19.1 Å². The second-order valence-electron chi connectivity index (χ2n) is 10.8. The molecule has 3 rings (SSSR count). The average molecular weight is 582 g/mol. The highest BCUT2D eigenvalue weighted by Crippen LogP contribution is 2.30. The lowest BCUT2D eigenvalue weighted by atomic mass is 10.0. The van der Waals surface area contributed by atoms with Gasteiger partial charge in [-0.3, -0.25) is 13.9 Å². The molecular weight excluding hydrogens is 542 g/mol. The molecule has 0 fully saturated rings. The van der Waals surface area contributed by atoms with Gasteiger partial charge in [0.1, 0.15) is 24.1 Å². The summed E-state index contributed by atoms with van der Waals surface area (Å²) in [7, 11) is -0.928. The maximum absolute atomic E-state index is 14.2. The van der Waals surface area contributed by atoms with Gasteiger partial charge >= 0.3 is 0 Å². The molecule has 3 aromatic carbocycles. The van der Waals surface area contributed by atoms with Crippen LogP contribution in [0.5, 0.6) is 11.5 Å². The average Bonchev–Trinajstić information content (AvgIpc) is 2.92. The third-order valence-corrected chi connectivity index (χ3v) is 7.42. The highest BCUT2D eigenvalue weighted by molar-refractivity contribution is 7.92. The Labute approximate surface area is 243 Å². The molecule has 1 N–H and O–H groups in total. The summed E-state index contributed by atoms with van der Waals surface area (Å²) in [6.45, 7) is 5.12. The van der Waals surface area contributed by atoms with Gasteiger partial charge in [0.25, 0.3) is 0 Å². The number of amides is 2. The molecule has 9 nitrogen and oxygen atoms in total. The fraction of sp³-hybridized carbons (Fsp3) is 0.355. The summed E-state index contributed by atoms with van der Waals surface area (Å²) in [5, 5.41) is 3.01. The second kappa shape index (κ2) is 13.5. The summed E-state index contributed by atoms with van der Waals surface area (Å²) in [6.07, 6.45) is 1.26. The van der Waals surface area contributed by atoms with Gasteiger partial charge in [0.15, 0.2) is 0 Å². The zero-order valence-corrected chi connectivity index (χ0v) is 25.3. The van der Waals surface area contributed by atoms with E-state index < -0.39 is 34.1 Å². The van der Waals surface area contributed by atoms with Gasteiger partial charge in [-0.05, 0) is 56.2 Å². The predicted octanol–water partition coefficient (Wildman–Crippen LogP) is 4.02. The highest BCUT2D eigenvalue weighted by Gasteiger charge is 2.34. The van der Waals surface area contributed by atoms with Gasteiger partial charge < -0.3 is 19.7 Å². The van der Waals surface area contributed by atoms with E-state index in [1.54, 1.807) is 49.6 Å². The van der Waals surface area contributed by atoms with E-state index in [0.29, 0.717) is 11.5 Å². The number of para-hydroxylation sites is 2. The molecule has 0 unspecified atom stereocenters. The van der Waals surface area contributed by atoms with Crippen LogP contribution in [0, 0.1) is 0 Å². The second-order valence-corrected chi connectivity index (χ2v) is 12.7. The Morgan fingerprint density at radius 1 is 0.878 bits per heavy atom. The molecule has 0 aliphatic heterocycles. The summed E-state index contributed by atoms with van der Waals surface area (Å²) < 4.78 is 37.8. The minimum absolute atomic E-state index is 0.0502. The van der Waals surface area contributed by atoms with Crippen molar-refractivity contribution in [3.05, 3.63) is 90.0 Å². The van der Waals surface area contributed by atoms with Crippen molar-refractivity contribution in [3.8, 4) is 11.5 Å². The molecule has 0 heterocycles. The molecule has 0 spiro atoms. The molecule has 0 radical (unpaired) electrons. The Kier molecular flexibility index (Phi) is 10.4. The van der Waals surface area contributed by atoms with E-state index in [-0.39, 0.29) is 24.6 Å². The molecule has 3 aromatic rings. The van der Waals surface area contributed by atoms with Crippen LogP contribution >= 0.6 is 0 Å². The van der Waals surface area contributed by atoms with Crippen molar-refractivity contribution in [1.82, 2.24) is 10.2 Å². The first-order valence-electron chi connectivity index (χ1n) is 13.2. The Morgan fingerprint density at radius 3 is 2.12 bits per heavy atom. The van der Waals surface area contributed by atoms with Gasteiger partial charge in [0.05, 0.1) is 26.2 Å². The van der Waals surface area contributed by atoms with Gasteiger partial charge in [-0.2, -0.15) is 0 Å². The van der Waals surface area contributed by atoms with Gasteiger partial charge in [0, 0.05) is 18.5 Å². The van der Waals surface area contributed by atoms with Crippen molar-refractivity contribution >= 4 is 27.5 Å². The molecule has 10 heteroatoms. The van der Waals surface area contributed by atoms with Crippen molar-refractivity contribution < 1.29 is 27.5 Å².